The molecule has 1 fully saturated rings. The first-order chi connectivity index (χ1) is 28.2. The molecule has 6 aromatic rings. The van der Waals surface area contributed by atoms with Gasteiger partial charge in [-0.15, -0.1) is 0 Å². The van der Waals surface area contributed by atoms with Crippen LogP contribution < -0.4 is 32.6 Å². The van der Waals surface area contributed by atoms with E-state index in [0.717, 1.165) is 28.1 Å². The maximum Gasteiger partial charge on any atom is 0.418 e. The highest BCUT2D eigenvalue weighted by Gasteiger charge is 2.37. The summed E-state index contributed by atoms with van der Waals surface area (Å²) in [5.41, 5.74) is 13.1. The van der Waals surface area contributed by atoms with Gasteiger partial charge in [-0.1, -0.05) is 38.1 Å². The maximum absolute atomic E-state index is 15.0. The molecule has 2 atom stereocenters. The molecule has 0 spiro atoms. The number of carbonyl (C=O) groups is 3. The molecule has 7 rings (SSSR count). The summed E-state index contributed by atoms with van der Waals surface area (Å²) in [5, 5.41) is 7.27. The van der Waals surface area contributed by atoms with E-state index in [0.29, 0.717) is 28.2 Å². The van der Waals surface area contributed by atoms with Crippen molar-refractivity contribution in [2.75, 3.05) is 37.6 Å². The molecule has 1 saturated heterocycles. The van der Waals surface area contributed by atoms with Crippen LogP contribution >= 0.6 is 0 Å². The number of aromatic nitrogens is 3. The van der Waals surface area contributed by atoms with Crippen LogP contribution in [-0.4, -0.2) is 82.1 Å². The second-order valence-electron chi connectivity index (χ2n) is 15.0. The van der Waals surface area contributed by atoms with E-state index in [2.05, 4.69) is 20.6 Å². The van der Waals surface area contributed by atoms with E-state index < -0.39 is 47.2 Å². The Morgan fingerprint density at radius 1 is 0.847 bits per heavy atom. The molecule has 4 amide bonds. The number of halogens is 3. The minimum Gasteiger partial charge on any atom is -0.367 e. The zero-order valence-corrected chi connectivity index (χ0v) is 32.5. The molecule has 0 aliphatic carbocycles. The van der Waals surface area contributed by atoms with Crippen LogP contribution in [0.1, 0.15) is 32.3 Å². The predicted octanol–water partition coefficient (Wildman–Crippen LogP) is 5.34. The highest BCUT2D eigenvalue weighted by molar-refractivity contribution is 6.05. The summed E-state index contributed by atoms with van der Waals surface area (Å²) in [6, 6.07) is 19.5. The van der Waals surface area contributed by atoms with Crippen molar-refractivity contribution in [3.63, 3.8) is 0 Å². The number of pyridine rings is 3. The summed E-state index contributed by atoms with van der Waals surface area (Å²) in [6.45, 7) is 4.03. The minimum atomic E-state index is -4.80. The van der Waals surface area contributed by atoms with E-state index in [1.54, 1.807) is 37.2 Å². The van der Waals surface area contributed by atoms with E-state index in [4.69, 9.17) is 11.5 Å². The lowest BCUT2D eigenvalue weighted by atomic mass is 10.0. The number of piperazine rings is 1. The van der Waals surface area contributed by atoms with Gasteiger partial charge in [0, 0.05) is 78.6 Å². The molecular formula is C43H44F3N9O4. The van der Waals surface area contributed by atoms with Crippen LogP contribution in [0.25, 0.3) is 49.5 Å². The van der Waals surface area contributed by atoms with Crippen molar-refractivity contribution in [2.24, 2.45) is 17.4 Å². The van der Waals surface area contributed by atoms with Crippen molar-refractivity contribution in [2.45, 2.75) is 44.9 Å². The number of benzene rings is 3. The molecule has 0 radical (unpaired) electrons. The molecule has 0 saturated carbocycles. The molecule has 306 valence electrons. The zero-order valence-electron chi connectivity index (χ0n) is 32.5. The SMILES string of the molecule is CC(C)[C@H](N)C(=O)N[C@@H](CCCNC(N)=O)C(=O)N1CCN(c2ccc(-n3c(=O)ccc4cnc5ccc(-c6cnc7ccccc7c6)cc5c43)cc2C(F)(F)F)CC1. The third-order valence-electron chi connectivity index (χ3n) is 10.7. The second kappa shape index (κ2) is 16.7. The van der Waals surface area contributed by atoms with Crippen molar-refractivity contribution in [1.29, 1.82) is 0 Å². The molecule has 3 aromatic carbocycles. The number of rotatable bonds is 11. The Balaban J connectivity index is 1.18. The van der Waals surface area contributed by atoms with Gasteiger partial charge in [-0.05, 0) is 72.9 Å². The molecular weight excluding hydrogens is 764 g/mol. The Morgan fingerprint density at radius 2 is 1.59 bits per heavy atom. The van der Waals surface area contributed by atoms with Gasteiger partial charge < -0.3 is 31.9 Å². The lowest BCUT2D eigenvalue weighted by molar-refractivity contribution is -0.138. The molecule has 0 unspecified atom stereocenters. The number of alkyl halides is 3. The molecule has 59 heavy (non-hydrogen) atoms. The second-order valence-corrected chi connectivity index (χ2v) is 15.0. The molecule has 16 heteroatoms. The first kappa shape index (κ1) is 40.6. The summed E-state index contributed by atoms with van der Waals surface area (Å²) >= 11 is 0. The van der Waals surface area contributed by atoms with Gasteiger partial charge in [0.15, 0.2) is 0 Å². The quantitative estimate of drug-likeness (QED) is 0.100. The van der Waals surface area contributed by atoms with Crippen molar-refractivity contribution in [3.8, 4) is 16.8 Å². The highest BCUT2D eigenvalue weighted by atomic mass is 19.4. The number of urea groups is 1. The lowest BCUT2D eigenvalue weighted by Gasteiger charge is -2.38. The smallest absolute Gasteiger partial charge is 0.367 e. The van der Waals surface area contributed by atoms with Crippen molar-refractivity contribution in [1.82, 2.24) is 30.1 Å². The average molecular weight is 808 g/mol. The van der Waals surface area contributed by atoms with Crippen LogP contribution in [0.15, 0.2) is 96.1 Å². The largest absolute Gasteiger partial charge is 0.418 e. The molecule has 1 aliphatic rings. The number of nitrogens with one attached hydrogen (secondary N) is 2. The van der Waals surface area contributed by atoms with Crippen LogP contribution in [-0.2, 0) is 15.8 Å². The van der Waals surface area contributed by atoms with Crippen LogP contribution in [0.5, 0.6) is 0 Å². The standard InChI is InChI=1S/C43H44F3N9O4/c1-25(2)38(47)40(57)52-35(8-5-15-49-42(48)59)41(58)54-18-16-53(17-19-54)36-13-11-30(22-32(36)43(44,45)46)55-37(56)14-10-28-23-51-34-12-9-26(21-31(34)39(28)55)29-20-27-6-3-4-7-33(27)50-24-29/h3-4,6-7,9-14,20-25,35,38H,5,8,15-19,47H2,1-2H3,(H,52,57)(H3,48,49,59)/t35-,38-/m0/s1. The predicted molar refractivity (Wildman–Crippen MR) is 221 cm³/mol. The third kappa shape index (κ3) is 8.67. The van der Waals surface area contributed by atoms with E-state index in [1.807, 2.05) is 48.5 Å². The fourth-order valence-electron chi connectivity index (χ4n) is 7.48. The average Bonchev–Trinajstić information content (AvgIpc) is 3.23. The normalized spacial score (nSPS) is 14.5. The van der Waals surface area contributed by atoms with E-state index >= 15 is 0 Å². The van der Waals surface area contributed by atoms with Gasteiger partial charge in [-0.2, -0.15) is 13.2 Å². The number of anilines is 1. The topological polar surface area (TPSA) is 182 Å². The molecule has 4 heterocycles. The fraction of sp³-hybridized carbons (Fsp3) is 0.302. The number of primary amides is 1. The number of nitrogens with zero attached hydrogens (tertiary/aromatic N) is 5. The highest BCUT2D eigenvalue weighted by Crippen LogP contribution is 2.39. The van der Waals surface area contributed by atoms with Gasteiger partial charge in [0.25, 0.3) is 5.56 Å². The van der Waals surface area contributed by atoms with E-state index in [1.165, 1.54) is 27.7 Å². The number of hydrogen-bond acceptors (Lipinski definition) is 8. The van der Waals surface area contributed by atoms with Gasteiger partial charge in [0.05, 0.1) is 33.8 Å². The molecule has 1 aliphatic heterocycles. The number of para-hydroxylation sites is 1. The summed E-state index contributed by atoms with van der Waals surface area (Å²) in [7, 11) is 0. The molecule has 6 N–H and O–H groups in total. The summed E-state index contributed by atoms with van der Waals surface area (Å²) < 4.78 is 46.3. The number of fused-ring (bicyclic) bond motifs is 4. The first-order valence-corrected chi connectivity index (χ1v) is 19.3. The Hall–Kier alpha value is -6.55. The first-order valence-electron chi connectivity index (χ1n) is 19.3. The lowest BCUT2D eigenvalue weighted by Crippen LogP contribution is -2.57. The summed E-state index contributed by atoms with van der Waals surface area (Å²) in [5.74, 6) is -1.11. The molecule has 13 nitrogen and oxygen atoms in total. The van der Waals surface area contributed by atoms with Crippen molar-refractivity contribution >= 4 is 56.2 Å². The van der Waals surface area contributed by atoms with Gasteiger partial charge >= 0.3 is 12.2 Å². The van der Waals surface area contributed by atoms with Crippen LogP contribution in [0, 0.1) is 5.92 Å². The maximum atomic E-state index is 15.0. The number of amides is 4. The number of hydrogen-bond donors (Lipinski definition) is 4. The molecule has 0 bridgehead atoms. The Bertz CT molecular complexity index is 2620. The van der Waals surface area contributed by atoms with Crippen LogP contribution in [0.2, 0.25) is 0 Å². The third-order valence-corrected chi connectivity index (χ3v) is 10.7. The van der Waals surface area contributed by atoms with Gasteiger partial charge in [-0.3, -0.25) is 28.9 Å². The summed E-state index contributed by atoms with van der Waals surface area (Å²) in [4.78, 5) is 63.6. The van der Waals surface area contributed by atoms with Gasteiger partial charge in [0.2, 0.25) is 11.8 Å². The van der Waals surface area contributed by atoms with Crippen LogP contribution in [0.3, 0.4) is 0 Å². The Morgan fingerprint density at radius 3 is 2.32 bits per heavy atom. The Kier molecular flexibility index (Phi) is 11.5. The molecule has 3 aromatic heterocycles. The monoisotopic (exact) mass is 807 g/mol. The number of carbonyl (C=O) groups excluding carboxylic acids is 3. The Labute approximate surface area is 337 Å². The van der Waals surface area contributed by atoms with Gasteiger partial charge in [-0.25, -0.2) is 4.79 Å². The fourth-order valence-corrected chi connectivity index (χ4v) is 7.48. The van der Waals surface area contributed by atoms with E-state index in [9.17, 15) is 32.3 Å². The van der Waals surface area contributed by atoms with Crippen molar-refractivity contribution < 1.29 is 27.6 Å². The summed E-state index contributed by atoms with van der Waals surface area (Å²) in [6.07, 6.45) is -0.942. The van der Waals surface area contributed by atoms with Crippen LogP contribution in [0.4, 0.5) is 23.7 Å². The number of nitrogens with two attached hydrogens (primary N) is 2. The van der Waals surface area contributed by atoms with Gasteiger partial charge in [0.1, 0.15) is 6.04 Å². The minimum absolute atomic E-state index is 0.0276. The van der Waals surface area contributed by atoms with E-state index in [-0.39, 0.29) is 56.4 Å². The van der Waals surface area contributed by atoms with Crippen molar-refractivity contribution in [3.05, 3.63) is 107 Å². The zero-order chi connectivity index (χ0) is 42.0.